The number of carbonyl (C=O) groups is 2. The molecular weight excluding hydrogens is 439 g/mol. The van der Waals surface area contributed by atoms with E-state index in [-0.39, 0.29) is 23.3 Å². The van der Waals surface area contributed by atoms with E-state index in [1.165, 1.54) is 6.07 Å². The highest BCUT2D eigenvalue weighted by Crippen LogP contribution is 2.41. The molecule has 0 aromatic heterocycles. The van der Waals surface area contributed by atoms with Gasteiger partial charge in [0.2, 0.25) is 5.91 Å². The second-order valence-electron chi connectivity index (χ2n) is 8.24. The Morgan fingerprint density at radius 3 is 2.61 bits per heavy atom. The van der Waals surface area contributed by atoms with Crippen molar-refractivity contribution in [2.24, 2.45) is 5.41 Å². The van der Waals surface area contributed by atoms with E-state index in [0.29, 0.717) is 29.6 Å². The van der Waals surface area contributed by atoms with Gasteiger partial charge in [-0.2, -0.15) is 0 Å². The van der Waals surface area contributed by atoms with Crippen LogP contribution < -0.4 is 10.1 Å². The average Bonchev–Trinajstić information content (AvgIpc) is 2.73. The number of rotatable bonds is 5. The third-order valence-electron chi connectivity index (χ3n) is 6.07. The van der Waals surface area contributed by atoms with Gasteiger partial charge in [0.15, 0.2) is 0 Å². The largest absolute Gasteiger partial charge is 0.488 e. The van der Waals surface area contributed by atoms with Crippen LogP contribution in [0, 0.1) is 5.41 Å². The number of amides is 1. The fourth-order valence-electron chi connectivity index (χ4n) is 4.60. The van der Waals surface area contributed by atoms with E-state index in [4.69, 9.17) is 27.9 Å². The molecule has 1 spiro atoms. The molecule has 2 fully saturated rings. The predicted molar refractivity (Wildman–Crippen MR) is 119 cm³/mol. The summed E-state index contributed by atoms with van der Waals surface area (Å²) in [4.78, 5) is 27.0. The zero-order valence-corrected chi connectivity index (χ0v) is 18.5. The van der Waals surface area contributed by atoms with Gasteiger partial charge in [-0.15, -0.1) is 0 Å². The molecule has 164 valence electrons. The van der Waals surface area contributed by atoms with Gasteiger partial charge in [-0.05, 0) is 61.8 Å². The van der Waals surface area contributed by atoms with Crippen molar-refractivity contribution in [2.75, 3.05) is 19.6 Å². The van der Waals surface area contributed by atoms with Crippen LogP contribution in [0.2, 0.25) is 10.0 Å². The maximum Gasteiger partial charge on any atom is 0.339 e. The molecule has 1 unspecified atom stereocenters. The highest BCUT2D eigenvalue weighted by Gasteiger charge is 2.48. The van der Waals surface area contributed by atoms with Crippen LogP contribution in [-0.2, 0) is 11.3 Å². The second kappa shape index (κ2) is 9.07. The van der Waals surface area contributed by atoms with Crippen LogP contribution in [0.5, 0.6) is 5.75 Å². The average molecular weight is 463 g/mol. The first-order chi connectivity index (χ1) is 14.9. The van der Waals surface area contributed by atoms with E-state index >= 15 is 0 Å². The Morgan fingerprint density at radius 2 is 1.90 bits per heavy atom. The molecule has 2 N–H and O–H groups in total. The molecule has 2 aromatic carbocycles. The van der Waals surface area contributed by atoms with Crippen LogP contribution in [0.25, 0.3) is 0 Å². The number of hydrogen-bond acceptors (Lipinski definition) is 4. The van der Waals surface area contributed by atoms with Gasteiger partial charge in [-0.1, -0.05) is 35.3 Å². The van der Waals surface area contributed by atoms with Crippen LogP contribution in [0.15, 0.2) is 42.5 Å². The Bertz CT molecular complexity index is 991. The standard InChI is InChI=1S/C23H24Cl2N2O4/c24-16-3-1-2-15(10-16)13-27-14-18(12-23(22(27)30)6-8-26-9-7-23)31-20-5-4-17(25)11-19(20)21(28)29/h1-5,10-11,18,26H,6-9,12-14H2,(H,28,29). The minimum absolute atomic E-state index is 0.0187. The molecule has 0 bridgehead atoms. The highest BCUT2D eigenvalue weighted by atomic mass is 35.5. The van der Waals surface area contributed by atoms with Crippen molar-refractivity contribution in [3.8, 4) is 5.75 Å². The SMILES string of the molecule is O=C(O)c1cc(Cl)ccc1OC1CN(Cc2cccc(Cl)c2)C(=O)C2(CCNCC2)C1. The van der Waals surface area contributed by atoms with Crippen molar-refractivity contribution in [2.45, 2.75) is 31.9 Å². The Hall–Kier alpha value is -2.28. The number of nitrogens with zero attached hydrogens (tertiary/aromatic N) is 1. The molecule has 1 amide bonds. The number of hydrogen-bond donors (Lipinski definition) is 2. The summed E-state index contributed by atoms with van der Waals surface area (Å²) >= 11 is 12.1. The van der Waals surface area contributed by atoms with Crippen molar-refractivity contribution in [1.82, 2.24) is 10.2 Å². The van der Waals surface area contributed by atoms with Gasteiger partial charge < -0.3 is 20.1 Å². The van der Waals surface area contributed by atoms with Gasteiger partial charge in [0.25, 0.3) is 0 Å². The number of carboxylic acids is 1. The smallest absolute Gasteiger partial charge is 0.339 e. The molecule has 2 saturated heterocycles. The number of carboxylic acid groups (broad SMARTS) is 1. The number of ether oxygens (including phenoxy) is 1. The molecule has 0 aliphatic carbocycles. The first-order valence-corrected chi connectivity index (χ1v) is 11.1. The number of halogens is 2. The minimum atomic E-state index is -1.10. The fourth-order valence-corrected chi connectivity index (χ4v) is 4.98. The zero-order valence-electron chi connectivity index (χ0n) is 16.9. The lowest BCUT2D eigenvalue weighted by Crippen LogP contribution is -2.57. The Labute approximate surface area is 191 Å². The molecule has 0 radical (unpaired) electrons. The lowest BCUT2D eigenvalue weighted by molar-refractivity contribution is -0.154. The van der Waals surface area contributed by atoms with E-state index in [9.17, 15) is 14.7 Å². The summed E-state index contributed by atoms with van der Waals surface area (Å²) in [5.74, 6) is -0.705. The molecule has 4 rings (SSSR count). The summed E-state index contributed by atoms with van der Waals surface area (Å²) in [5, 5.41) is 13.8. The van der Waals surface area contributed by atoms with E-state index in [2.05, 4.69) is 5.32 Å². The topological polar surface area (TPSA) is 78.9 Å². The summed E-state index contributed by atoms with van der Waals surface area (Å²) in [6.45, 7) is 2.35. The van der Waals surface area contributed by atoms with Gasteiger partial charge in [0.05, 0.1) is 12.0 Å². The van der Waals surface area contributed by atoms with Crippen LogP contribution in [0.4, 0.5) is 0 Å². The van der Waals surface area contributed by atoms with Crippen LogP contribution in [0.3, 0.4) is 0 Å². The normalized spacial score (nSPS) is 20.6. The second-order valence-corrected chi connectivity index (χ2v) is 9.11. The first-order valence-electron chi connectivity index (χ1n) is 10.3. The zero-order chi connectivity index (χ0) is 22.0. The van der Waals surface area contributed by atoms with Gasteiger partial charge in [-0.3, -0.25) is 4.79 Å². The highest BCUT2D eigenvalue weighted by molar-refractivity contribution is 6.31. The Balaban J connectivity index is 1.62. The maximum absolute atomic E-state index is 13.5. The molecule has 8 heteroatoms. The van der Waals surface area contributed by atoms with E-state index < -0.39 is 11.4 Å². The summed E-state index contributed by atoms with van der Waals surface area (Å²) < 4.78 is 6.19. The molecule has 2 aliphatic rings. The monoisotopic (exact) mass is 462 g/mol. The van der Waals surface area contributed by atoms with E-state index in [0.717, 1.165) is 31.5 Å². The van der Waals surface area contributed by atoms with Crippen molar-refractivity contribution >= 4 is 35.1 Å². The first kappa shape index (κ1) is 21.9. The number of nitrogens with one attached hydrogen (secondary N) is 1. The number of piperidine rings is 2. The number of carbonyl (C=O) groups excluding carboxylic acids is 1. The Kier molecular flexibility index (Phi) is 6.42. The minimum Gasteiger partial charge on any atom is -0.488 e. The summed E-state index contributed by atoms with van der Waals surface area (Å²) in [7, 11) is 0. The summed E-state index contributed by atoms with van der Waals surface area (Å²) in [5.41, 5.74) is 0.455. The molecular formula is C23H24Cl2N2O4. The predicted octanol–water partition coefficient (Wildman–Crippen LogP) is 4.24. The van der Waals surface area contributed by atoms with Gasteiger partial charge in [-0.25, -0.2) is 4.79 Å². The lowest BCUT2D eigenvalue weighted by atomic mass is 9.71. The van der Waals surface area contributed by atoms with E-state index in [1.807, 2.05) is 23.1 Å². The number of aromatic carboxylic acids is 1. The van der Waals surface area contributed by atoms with Gasteiger partial charge in [0, 0.05) is 23.0 Å². The molecule has 6 nitrogen and oxygen atoms in total. The van der Waals surface area contributed by atoms with Crippen molar-refractivity contribution < 1.29 is 19.4 Å². The number of likely N-dealkylation sites (tertiary alicyclic amines) is 1. The van der Waals surface area contributed by atoms with Crippen molar-refractivity contribution in [3.05, 3.63) is 63.6 Å². The summed E-state index contributed by atoms with van der Waals surface area (Å²) in [6.07, 6.45) is 1.68. The van der Waals surface area contributed by atoms with E-state index in [1.54, 1.807) is 18.2 Å². The van der Waals surface area contributed by atoms with Gasteiger partial charge in [0.1, 0.15) is 17.4 Å². The molecule has 2 aliphatic heterocycles. The van der Waals surface area contributed by atoms with Crippen molar-refractivity contribution in [1.29, 1.82) is 0 Å². The maximum atomic E-state index is 13.5. The van der Waals surface area contributed by atoms with Crippen LogP contribution in [0.1, 0.15) is 35.2 Å². The fraction of sp³-hybridized carbons (Fsp3) is 0.391. The lowest BCUT2D eigenvalue weighted by Gasteiger charge is -2.47. The van der Waals surface area contributed by atoms with Crippen molar-refractivity contribution in [3.63, 3.8) is 0 Å². The quantitative estimate of drug-likeness (QED) is 0.694. The van der Waals surface area contributed by atoms with Gasteiger partial charge >= 0.3 is 5.97 Å². The van der Waals surface area contributed by atoms with Crippen LogP contribution in [-0.4, -0.2) is 47.6 Å². The molecule has 1 atom stereocenters. The third-order valence-corrected chi connectivity index (χ3v) is 6.54. The summed E-state index contributed by atoms with van der Waals surface area (Å²) in [6, 6.07) is 12.1. The third kappa shape index (κ3) is 4.81. The Morgan fingerprint density at radius 1 is 1.16 bits per heavy atom. The molecule has 0 saturated carbocycles. The molecule has 2 aromatic rings. The molecule has 31 heavy (non-hydrogen) atoms. The number of benzene rings is 2. The molecule has 2 heterocycles. The van der Waals surface area contributed by atoms with Crippen LogP contribution >= 0.6 is 23.2 Å².